The molecule has 0 radical (unpaired) electrons. The number of sulfone groups is 1. The third-order valence-corrected chi connectivity index (χ3v) is 5.25. The SMILES string of the molecule is CN=C(NCCc1ccc(S(C)(=O)=O)cc1)NCc1cc(F)cc(Br)c1.I. The standard InChI is InChI=1S/C18H21BrFN3O2S.HI/c1-21-18(23-12-14-9-15(19)11-16(20)10-14)22-8-7-13-3-5-17(6-4-13)26(2,24)25;/h3-6,9-11H,7-8,12H2,1-2H3,(H2,21,22,23);1H. The highest BCUT2D eigenvalue weighted by atomic mass is 127. The van der Waals surface area contributed by atoms with Crippen molar-refractivity contribution in [3.8, 4) is 0 Å². The Labute approximate surface area is 184 Å². The van der Waals surface area contributed by atoms with Crippen LogP contribution in [-0.2, 0) is 22.8 Å². The minimum atomic E-state index is -3.17. The summed E-state index contributed by atoms with van der Waals surface area (Å²) in [6.07, 6.45) is 1.91. The summed E-state index contributed by atoms with van der Waals surface area (Å²) in [7, 11) is -1.51. The fourth-order valence-electron chi connectivity index (χ4n) is 2.35. The highest BCUT2D eigenvalue weighted by Gasteiger charge is 2.06. The topological polar surface area (TPSA) is 70.6 Å². The maximum Gasteiger partial charge on any atom is 0.191 e. The van der Waals surface area contributed by atoms with E-state index in [-0.39, 0.29) is 29.8 Å². The first-order valence-corrected chi connectivity index (χ1v) is 10.6. The molecular formula is C18H22BrFIN3O2S. The van der Waals surface area contributed by atoms with Gasteiger partial charge >= 0.3 is 0 Å². The monoisotopic (exact) mass is 569 g/mol. The van der Waals surface area contributed by atoms with Crippen molar-refractivity contribution in [2.75, 3.05) is 19.8 Å². The molecule has 2 N–H and O–H groups in total. The van der Waals surface area contributed by atoms with Gasteiger partial charge in [-0.1, -0.05) is 28.1 Å². The first kappa shape index (κ1) is 23.8. The molecule has 0 heterocycles. The molecule has 0 atom stereocenters. The number of rotatable bonds is 6. The molecule has 0 aromatic heterocycles. The quantitative estimate of drug-likeness (QED) is 0.317. The van der Waals surface area contributed by atoms with Gasteiger partial charge in [0.2, 0.25) is 0 Å². The molecule has 0 aliphatic rings. The van der Waals surface area contributed by atoms with E-state index >= 15 is 0 Å². The predicted molar refractivity (Wildman–Crippen MR) is 121 cm³/mol. The van der Waals surface area contributed by atoms with Crippen LogP contribution in [0.3, 0.4) is 0 Å². The van der Waals surface area contributed by atoms with Gasteiger partial charge in [0.05, 0.1) is 4.90 Å². The van der Waals surface area contributed by atoms with Crippen LogP contribution in [0.15, 0.2) is 56.8 Å². The molecule has 0 saturated heterocycles. The van der Waals surface area contributed by atoms with Crippen molar-refractivity contribution in [3.05, 3.63) is 63.9 Å². The highest BCUT2D eigenvalue weighted by Crippen LogP contribution is 2.14. The van der Waals surface area contributed by atoms with E-state index in [0.717, 1.165) is 17.5 Å². The molecule has 0 unspecified atom stereocenters. The van der Waals surface area contributed by atoms with Crippen LogP contribution in [0.25, 0.3) is 0 Å². The lowest BCUT2D eigenvalue weighted by Gasteiger charge is -2.12. The van der Waals surface area contributed by atoms with Gasteiger partial charge in [-0.25, -0.2) is 12.8 Å². The number of guanidine groups is 1. The molecule has 0 aliphatic carbocycles. The molecule has 0 saturated carbocycles. The van der Waals surface area contributed by atoms with Crippen molar-refractivity contribution in [1.29, 1.82) is 0 Å². The molecule has 148 valence electrons. The van der Waals surface area contributed by atoms with Crippen molar-refractivity contribution in [2.24, 2.45) is 4.99 Å². The smallest absolute Gasteiger partial charge is 0.191 e. The molecule has 0 aliphatic heterocycles. The second-order valence-electron chi connectivity index (χ2n) is 5.80. The number of hydrogen-bond donors (Lipinski definition) is 2. The number of aliphatic imine (C=N–C) groups is 1. The zero-order valence-electron chi connectivity index (χ0n) is 15.0. The zero-order chi connectivity index (χ0) is 19.2. The predicted octanol–water partition coefficient (Wildman–Crippen LogP) is 3.52. The molecule has 9 heteroatoms. The Morgan fingerprint density at radius 1 is 1.11 bits per heavy atom. The van der Waals surface area contributed by atoms with E-state index in [9.17, 15) is 12.8 Å². The molecule has 5 nitrogen and oxygen atoms in total. The summed E-state index contributed by atoms with van der Waals surface area (Å²) < 4.78 is 37.0. The second kappa shape index (κ2) is 11.0. The van der Waals surface area contributed by atoms with E-state index in [4.69, 9.17) is 0 Å². The van der Waals surface area contributed by atoms with E-state index in [2.05, 4.69) is 31.6 Å². The van der Waals surface area contributed by atoms with Crippen molar-refractivity contribution < 1.29 is 12.8 Å². The zero-order valence-corrected chi connectivity index (χ0v) is 19.7. The average molecular weight is 570 g/mol. The summed E-state index contributed by atoms with van der Waals surface area (Å²) >= 11 is 3.27. The van der Waals surface area contributed by atoms with Gasteiger partial charge in [-0.3, -0.25) is 4.99 Å². The van der Waals surface area contributed by atoms with Gasteiger partial charge in [0.1, 0.15) is 5.82 Å². The fourth-order valence-corrected chi connectivity index (χ4v) is 3.49. The van der Waals surface area contributed by atoms with Gasteiger partial charge in [0.25, 0.3) is 0 Å². The Morgan fingerprint density at radius 3 is 2.33 bits per heavy atom. The summed E-state index contributed by atoms with van der Waals surface area (Å²) in [5, 5.41) is 6.30. The van der Waals surface area contributed by atoms with Gasteiger partial charge in [0, 0.05) is 30.9 Å². The molecular weight excluding hydrogens is 548 g/mol. The van der Waals surface area contributed by atoms with E-state index in [0.29, 0.717) is 28.4 Å². The largest absolute Gasteiger partial charge is 0.356 e. The first-order chi connectivity index (χ1) is 12.3. The van der Waals surface area contributed by atoms with Crippen LogP contribution in [0.2, 0.25) is 0 Å². The molecule has 2 aromatic carbocycles. The minimum Gasteiger partial charge on any atom is -0.356 e. The van der Waals surface area contributed by atoms with Crippen LogP contribution in [-0.4, -0.2) is 34.2 Å². The molecule has 0 fully saturated rings. The Hall–Kier alpha value is -1.20. The maximum atomic E-state index is 13.4. The van der Waals surface area contributed by atoms with E-state index in [1.807, 2.05) is 6.07 Å². The van der Waals surface area contributed by atoms with Crippen molar-refractivity contribution in [2.45, 2.75) is 17.9 Å². The number of nitrogens with one attached hydrogen (secondary N) is 2. The summed E-state index contributed by atoms with van der Waals surface area (Å²) in [6, 6.07) is 11.5. The van der Waals surface area contributed by atoms with E-state index in [1.54, 1.807) is 31.3 Å². The first-order valence-electron chi connectivity index (χ1n) is 7.96. The highest BCUT2D eigenvalue weighted by molar-refractivity contribution is 14.0. The molecule has 2 aromatic rings. The van der Waals surface area contributed by atoms with Crippen LogP contribution in [0, 0.1) is 5.82 Å². The van der Waals surface area contributed by atoms with Crippen LogP contribution < -0.4 is 10.6 Å². The lowest BCUT2D eigenvalue weighted by Crippen LogP contribution is -2.37. The van der Waals surface area contributed by atoms with Gasteiger partial charge in [-0.2, -0.15) is 0 Å². The summed E-state index contributed by atoms with van der Waals surface area (Å²) in [4.78, 5) is 4.45. The third kappa shape index (κ3) is 8.14. The normalized spacial score (nSPS) is 11.6. The maximum absolute atomic E-state index is 13.4. The molecule has 27 heavy (non-hydrogen) atoms. The van der Waals surface area contributed by atoms with Crippen molar-refractivity contribution >= 4 is 55.7 Å². The van der Waals surface area contributed by atoms with Crippen molar-refractivity contribution in [1.82, 2.24) is 10.6 Å². The summed E-state index contributed by atoms with van der Waals surface area (Å²) in [5.41, 5.74) is 1.82. The Kier molecular flexibility index (Phi) is 9.68. The minimum absolute atomic E-state index is 0. The summed E-state index contributed by atoms with van der Waals surface area (Å²) in [5.74, 6) is 0.315. The van der Waals surface area contributed by atoms with Crippen LogP contribution >= 0.6 is 39.9 Å². The second-order valence-corrected chi connectivity index (χ2v) is 8.73. The molecule has 2 rings (SSSR count). The molecule has 0 bridgehead atoms. The number of nitrogens with zero attached hydrogens (tertiary/aromatic N) is 1. The lowest BCUT2D eigenvalue weighted by molar-refractivity contribution is 0.602. The molecule has 0 spiro atoms. The van der Waals surface area contributed by atoms with Gasteiger partial charge in [0.15, 0.2) is 15.8 Å². The van der Waals surface area contributed by atoms with Gasteiger partial charge in [-0.15, -0.1) is 24.0 Å². The van der Waals surface area contributed by atoms with Crippen molar-refractivity contribution in [3.63, 3.8) is 0 Å². The van der Waals surface area contributed by atoms with Crippen LogP contribution in [0.4, 0.5) is 4.39 Å². The molecule has 0 amide bonds. The van der Waals surface area contributed by atoms with Gasteiger partial charge in [-0.05, 0) is 47.9 Å². The van der Waals surface area contributed by atoms with Crippen LogP contribution in [0.5, 0.6) is 0 Å². The number of halogens is 3. The van der Waals surface area contributed by atoms with E-state index < -0.39 is 9.84 Å². The number of hydrogen-bond acceptors (Lipinski definition) is 3. The van der Waals surface area contributed by atoms with E-state index in [1.165, 1.54) is 18.4 Å². The third-order valence-electron chi connectivity index (χ3n) is 3.66. The number of benzene rings is 2. The fraction of sp³-hybridized carbons (Fsp3) is 0.278. The van der Waals surface area contributed by atoms with Gasteiger partial charge < -0.3 is 10.6 Å². The lowest BCUT2D eigenvalue weighted by atomic mass is 10.1. The van der Waals surface area contributed by atoms with Crippen LogP contribution in [0.1, 0.15) is 11.1 Å². The Bertz CT molecular complexity index is 870. The summed E-state index contributed by atoms with van der Waals surface area (Å²) in [6.45, 7) is 1.07. The average Bonchev–Trinajstić information content (AvgIpc) is 2.56. The Morgan fingerprint density at radius 2 is 1.78 bits per heavy atom. The Balaban J connectivity index is 0.00000364.